The van der Waals surface area contributed by atoms with Crippen molar-refractivity contribution in [2.45, 2.75) is 12.8 Å². The first-order chi connectivity index (χ1) is 9.72. The fourth-order valence-corrected chi connectivity index (χ4v) is 2.15. The highest BCUT2D eigenvalue weighted by atomic mass is 16.5. The Bertz CT molecular complexity index is 546. The molecule has 0 aliphatic heterocycles. The van der Waals surface area contributed by atoms with E-state index >= 15 is 0 Å². The summed E-state index contributed by atoms with van der Waals surface area (Å²) in [5, 5.41) is 0. The van der Waals surface area contributed by atoms with Crippen molar-refractivity contribution in [1.82, 2.24) is 0 Å². The molecule has 0 atom stereocenters. The number of carbonyl (C=O) groups excluding carboxylic acids is 1. The van der Waals surface area contributed by atoms with Gasteiger partial charge in [-0.05, 0) is 18.1 Å². The highest BCUT2D eigenvalue weighted by Crippen LogP contribution is 2.26. The Morgan fingerprint density at radius 2 is 1.40 bits per heavy atom. The smallest absolute Gasteiger partial charge is 0.170 e. The second kappa shape index (κ2) is 6.71. The number of methoxy groups -OCH3 is 1. The van der Waals surface area contributed by atoms with E-state index in [1.807, 2.05) is 60.7 Å². The Kier molecular flexibility index (Phi) is 4.72. The van der Waals surface area contributed by atoms with Crippen LogP contribution in [0.25, 0.3) is 0 Å². The zero-order valence-electron chi connectivity index (χ0n) is 11.7. The molecule has 2 nitrogen and oxygen atoms in total. The summed E-state index contributed by atoms with van der Waals surface area (Å²) in [7, 11) is 1.57. The Morgan fingerprint density at radius 3 is 1.80 bits per heavy atom. The van der Waals surface area contributed by atoms with Gasteiger partial charge < -0.3 is 4.74 Å². The van der Waals surface area contributed by atoms with Crippen molar-refractivity contribution in [3.63, 3.8) is 0 Å². The highest BCUT2D eigenvalue weighted by Gasteiger charge is 2.20. The van der Waals surface area contributed by atoms with Crippen molar-refractivity contribution in [1.29, 1.82) is 0 Å². The largest absolute Gasteiger partial charge is 0.501 e. The minimum atomic E-state index is -0.289. The van der Waals surface area contributed by atoms with E-state index in [0.717, 1.165) is 11.1 Å². The van der Waals surface area contributed by atoms with Crippen molar-refractivity contribution in [3.05, 3.63) is 83.6 Å². The molecule has 2 aromatic carbocycles. The standard InChI is InChI=1S/C18H18O2/c1-14(20-2)13-17(19)18(15-9-5-3-6-10-15)16-11-7-4-8-12-16/h3-13,18H,1-2H3/b14-13+. The van der Waals surface area contributed by atoms with Crippen LogP contribution < -0.4 is 0 Å². The lowest BCUT2D eigenvalue weighted by molar-refractivity contribution is -0.115. The second-order valence-corrected chi connectivity index (χ2v) is 4.62. The van der Waals surface area contributed by atoms with Gasteiger partial charge >= 0.3 is 0 Å². The molecule has 0 bridgehead atoms. The summed E-state index contributed by atoms with van der Waals surface area (Å²) in [6.45, 7) is 1.78. The van der Waals surface area contributed by atoms with Crippen LogP contribution in [0.3, 0.4) is 0 Å². The number of rotatable bonds is 5. The van der Waals surface area contributed by atoms with Crippen LogP contribution in [0.4, 0.5) is 0 Å². The summed E-state index contributed by atoms with van der Waals surface area (Å²) in [5.74, 6) is 0.358. The molecule has 0 aliphatic rings. The lowest BCUT2D eigenvalue weighted by atomic mass is 9.87. The fraction of sp³-hybridized carbons (Fsp3) is 0.167. The van der Waals surface area contributed by atoms with Gasteiger partial charge in [-0.25, -0.2) is 0 Å². The third-order valence-corrected chi connectivity index (χ3v) is 3.22. The Morgan fingerprint density at radius 1 is 0.950 bits per heavy atom. The third-order valence-electron chi connectivity index (χ3n) is 3.22. The van der Waals surface area contributed by atoms with Crippen LogP contribution in [0.1, 0.15) is 24.0 Å². The van der Waals surface area contributed by atoms with E-state index in [9.17, 15) is 4.79 Å². The lowest BCUT2D eigenvalue weighted by Gasteiger charge is -2.15. The van der Waals surface area contributed by atoms with E-state index < -0.39 is 0 Å². The number of ether oxygens (including phenoxy) is 1. The summed E-state index contributed by atoms with van der Waals surface area (Å²) >= 11 is 0. The molecule has 20 heavy (non-hydrogen) atoms. The van der Waals surface area contributed by atoms with Gasteiger partial charge in [0.1, 0.15) is 0 Å². The van der Waals surface area contributed by atoms with E-state index in [-0.39, 0.29) is 11.7 Å². The third kappa shape index (κ3) is 3.35. The normalized spacial score (nSPS) is 11.4. The Balaban J connectivity index is 2.43. The van der Waals surface area contributed by atoms with Crippen LogP contribution >= 0.6 is 0 Å². The molecule has 0 saturated heterocycles. The first-order valence-corrected chi connectivity index (χ1v) is 6.58. The van der Waals surface area contributed by atoms with Gasteiger partial charge in [-0.3, -0.25) is 4.79 Å². The average molecular weight is 266 g/mol. The monoisotopic (exact) mass is 266 g/mol. The Hall–Kier alpha value is -2.35. The zero-order chi connectivity index (χ0) is 14.4. The molecular formula is C18H18O2. The van der Waals surface area contributed by atoms with Crippen molar-refractivity contribution in [2.75, 3.05) is 7.11 Å². The molecule has 0 fully saturated rings. The van der Waals surface area contributed by atoms with E-state index in [2.05, 4.69) is 0 Å². The summed E-state index contributed by atoms with van der Waals surface area (Å²) in [4.78, 5) is 12.6. The van der Waals surface area contributed by atoms with Crippen molar-refractivity contribution in [3.8, 4) is 0 Å². The quantitative estimate of drug-likeness (QED) is 0.605. The molecule has 0 saturated carbocycles. The van der Waals surface area contributed by atoms with E-state index in [1.54, 1.807) is 20.1 Å². The van der Waals surface area contributed by atoms with Gasteiger partial charge in [0.05, 0.1) is 18.8 Å². The van der Waals surface area contributed by atoms with Gasteiger partial charge in [0, 0.05) is 6.08 Å². The van der Waals surface area contributed by atoms with Crippen LogP contribution in [0.15, 0.2) is 72.5 Å². The summed E-state index contributed by atoms with van der Waals surface area (Å²) < 4.78 is 5.08. The number of allylic oxidation sites excluding steroid dienone is 2. The van der Waals surface area contributed by atoms with Crippen molar-refractivity contribution in [2.24, 2.45) is 0 Å². The number of hydrogen-bond acceptors (Lipinski definition) is 2. The first kappa shape index (κ1) is 14.1. The maximum atomic E-state index is 12.6. The van der Waals surface area contributed by atoms with E-state index in [1.165, 1.54) is 0 Å². The van der Waals surface area contributed by atoms with Crippen molar-refractivity contribution < 1.29 is 9.53 Å². The molecule has 102 valence electrons. The maximum absolute atomic E-state index is 12.6. The summed E-state index contributed by atoms with van der Waals surface area (Å²) in [6, 6.07) is 19.6. The van der Waals surface area contributed by atoms with Crippen LogP contribution in [0.2, 0.25) is 0 Å². The number of carbonyl (C=O) groups is 1. The van der Waals surface area contributed by atoms with E-state index in [0.29, 0.717) is 5.76 Å². The van der Waals surface area contributed by atoms with E-state index in [4.69, 9.17) is 4.74 Å². The molecule has 2 rings (SSSR count). The van der Waals surface area contributed by atoms with Gasteiger partial charge in [0.15, 0.2) is 5.78 Å². The van der Waals surface area contributed by atoms with Gasteiger partial charge in [0.2, 0.25) is 0 Å². The second-order valence-electron chi connectivity index (χ2n) is 4.62. The molecule has 0 spiro atoms. The molecule has 0 radical (unpaired) electrons. The molecule has 0 heterocycles. The van der Waals surface area contributed by atoms with Crippen LogP contribution in [-0.4, -0.2) is 12.9 Å². The van der Waals surface area contributed by atoms with Crippen LogP contribution in [-0.2, 0) is 9.53 Å². The molecule has 0 aromatic heterocycles. The maximum Gasteiger partial charge on any atom is 0.170 e. The number of hydrogen-bond donors (Lipinski definition) is 0. The highest BCUT2D eigenvalue weighted by molar-refractivity contribution is 5.98. The van der Waals surface area contributed by atoms with Gasteiger partial charge in [-0.15, -0.1) is 0 Å². The van der Waals surface area contributed by atoms with Gasteiger partial charge in [-0.1, -0.05) is 60.7 Å². The predicted octanol–water partition coefficient (Wildman–Crippen LogP) is 3.94. The van der Waals surface area contributed by atoms with Crippen molar-refractivity contribution >= 4 is 5.78 Å². The topological polar surface area (TPSA) is 26.3 Å². The number of ketones is 1. The molecule has 2 heteroatoms. The minimum absolute atomic E-state index is 0.0294. The first-order valence-electron chi connectivity index (χ1n) is 6.58. The molecule has 0 amide bonds. The lowest BCUT2D eigenvalue weighted by Crippen LogP contribution is -2.12. The molecule has 0 unspecified atom stereocenters. The SMILES string of the molecule is CO/C(C)=C/C(=O)C(c1ccccc1)c1ccccc1. The fourth-order valence-electron chi connectivity index (χ4n) is 2.15. The number of benzene rings is 2. The summed E-state index contributed by atoms with van der Waals surface area (Å²) in [6.07, 6.45) is 1.56. The Labute approximate surface area is 119 Å². The zero-order valence-corrected chi connectivity index (χ0v) is 11.7. The van der Waals surface area contributed by atoms with Gasteiger partial charge in [-0.2, -0.15) is 0 Å². The molecule has 2 aromatic rings. The molecule has 0 aliphatic carbocycles. The van der Waals surface area contributed by atoms with Gasteiger partial charge in [0.25, 0.3) is 0 Å². The summed E-state index contributed by atoms with van der Waals surface area (Å²) in [5.41, 5.74) is 1.98. The predicted molar refractivity (Wildman–Crippen MR) is 80.5 cm³/mol. The van der Waals surface area contributed by atoms with Crippen LogP contribution in [0, 0.1) is 0 Å². The molecule has 0 N–H and O–H groups in total. The van der Waals surface area contributed by atoms with Crippen LogP contribution in [0.5, 0.6) is 0 Å². The molecular weight excluding hydrogens is 248 g/mol. The minimum Gasteiger partial charge on any atom is -0.501 e. The average Bonchev–Trinajstić information content (AvgIpc) is 2.49.